The second kappa shape index (κ2) is 5.84. The Morgan fingerprint density at radius 1 is 1.05 bits per heavy atom. The molecule has 104 valence electrons. The molecule has 1 fully saturated rings. The number of carbonyl (C=O) groups excluding carboxylic acids is 1. The summed E-state index contributed by atoms with van der Waals surface area (Å²) < 4.78 is 0.574. The van der Waals surface area contributed by atoms with Crippen molar-refractivity contribution < 1.29 is 4.79 Å². The smallest absolute Gasteiger partial charge is 0.268 e. The zero-order chi connectivity index (χ0) is 14.8. The topological polar surface area (TPSA) is 20.3 Å². The zero-order valence-electron chi connectivity index (χ0n) is 11.4. The Kier molecular flexibility index (Phi) is 3.90. The van der Waals surface area contributed by atoms with E-state index in [0.29, 0.717) is 9.23 Å². The molecule has 0 bridgehead atoms. The number of hydrogen-bond acceptors (Lipinski definition) is 3. The van der Waals surface area contributed by atoms with Crippen LogP contribution in [0.2, 0.25) is 0 Å². The number of thioether (sulfide) groups is 1. The van der Waals surface area contributed by atoms with Crippen molar-refractivity contribution in [3.63, 3.8) is 0 Å². The van der Waals surface area contributed by atoms with Crippen LogP contribution < -0.4 is 4.90 Å². The van der Waals surface area contributed by atoms with E-state index < -0.39 is 0 Å². The van der Waals surface area contributed by atoms with E-state index in [4.69, 9.17) is 12.2 Å². The molecule has 2 aromatic rings. The number of hydrogen-bond donors (Lipinski definition) is 0. The Morgan fingerprint density at radius 3 is 2.38 bits per heavy atom. The average molecular weight is 311 g/mol. The van der Waals surface area contributed by atoms with Crippen molar-refractivity contribution >= 4 is 46.0 Å². The minimum Gasteiger partial charge on any atom is -0.268 e. The van der Waals surface area contributed by atoms with Crippen LogP contribution in [0.3, 0.4) is 0 Å². The molecule has 3 rings (SSSR count). The summed E-state index contributed by atoms with van der Waals surface area (Å²) in [5, 5.41) is 0. The van der Waals surface area contributed by atoms with Gasteiger partial charge in [0.15, 0.2) is 4.32 Å². The normalized spacial score (nSPS) is 16.8. The molecule has 0 saturated carbocycles. The first-order valence-corrected chi connectivity index (χ1v) is 7.77. The summed E-state index contributed by atoms with van der Waals surface area (Å²) in [7, 11) is 0. The summed E-state index contributed by atoms with van der Waals surface area (Å²) in [5.74, 6) is -0.0585. The van der Waals surface area contributed by atoms with Crippen LogP contribution in [0.25, 0.3) is 6.08 Å². The lowest BCUT2D eigenvalue weighted by Crippen LogP contribution is -2.27. The molecule has 4 heteroatoms. The minimum atomic E-state index is -0.0585. The highest BCUT2D eigenvalue weighted by molar-refractivity contribution is 8.27. The van der Waals surface area contributed by atoms with Crippen molar-refractivity contribution in [1.82, 2.24) is 0 Å². The Morgan fingerprint density at radius 2 is 1.71 bits per heavy atom. The van der Waals surface area contributed by atoms with Crippen molar-refractivity contribution in [1.29, 1.82) is 0 Å². The fraction of sp³-hybridized carbons (Fsp3) is 0.0588. The predicted molar refractivity (Wildman–Crippen MR) is 93.3 cm³/mol. The van der Waals surface area contributed by atoms with E-state index in [-0.39, 0.29) is 5.91 Å². The molecule has 0 unspecified atom stereocenters. The third-order valence-electron chi connectivity index (χ3n) is 3.18. The fourth-order valence-electron chi connectivity index (χ4n) is 2.08. The molecule has 0 radical (unpaired) electrons. The quantitative estimate of drug-likeness (QED) is 0.605. The largest absolute Gasteiger partial charge is 0.270 e. The molecule has 1 heterocycles. The van der Waals surface area contributed by atoms with Gasteiger partial charge in [-0.05, 0) is 30.7 Å². The van der Waals surface area contributed by atoms with Crippen LogP contribution in [0.15, 0.2) is 59.5 Å². The lowest BCUT2D eigenvalue weighted by molar-refractivity contribution is -0.113. The Bertz CT molecular complexity index is 720. The molecule has 0 atom stereocenters. The third kappa shape index (κ3) is 2.91. The predicted octanol–water partition coefficient (Wildman–Crippen LogP) is 4.40. The zero-order valence-corrected chi connectivity index (χ0v) is 13.1. The van der Waals surface area contributed by atoms with E-state index in [1.807, 2.05) is 67.6 Å². The fourth-order valence-corrected chi connectivity index (χ4v) is 3.38. The highest BCUT2D eigenvalue weighted by Crippen LogP contribution is 2.35. The van der Waals surface area contributed by atoms with Gasteiger partial charge in [0.2, 0.25) is 0 Å². The highest BCUT2D eigenvalue weighted by atomic mass is 32.2. The third-order valence-corrected chi connectivity index (χ3v) is 4.49. The number of benzene rings is 2. The van der Waals surface area contributed by atoms with E-state index >= 15 is 0 Å². The number of aryl methyl sites for hydroxylation is 1. The molecule has 0 aliphatic carbocycles. The number of rotatable bonds is 2. The monoisotopic (exact) mass is 311 g/mol. The molecule has 0 N–H and O–H groups in total. The van der Waals surface area contributed by atoms with Crippen molar-refractivity contribution in [3.8, 4) is 0 Å². The lowest BCUT2D eigenvalue weighted by atomic mass is 10.1. The van der Waals surface area contributed by atoms with Crippen LogP contribution in [-0.2, 0) is 4.79 Å². The summed E-state index contributed by atoms with van der Waals surface area (Å²) >= 11 is 6.69. The van der Waals surface area contributed by atoms with Crippen molar-refractivity contribution in [3.05, 3.63) is 70.6 Å². The van der Waals surface area contributed by atoms with Gasteiger partial charge in [-0.3, -0.25) is 9.69 Å². The molecule has 2 aromatic carbocycles. The second-order valence-corrected chi connectivity index (χ2v) is 6.44. The molecule has 2 nitrogen and oxygen atoms in total. The number of amides is 1. The van der Waals surface area contributed by atoms with Gasteiger partial charge >= 0.3 is 0 Å². The van der Waals surface area contributed by atoms with E-state index in [0.717, 1.165) is 11.3 Å². The van der Waals surface area contributed by atoms with Crippen LogP contribution in [-0.4, -0.2) is 10.2 Å². The molecule has 1 aliphatic heterocycles. The number of nitrogens with zero attached hydrogens (tertiary/aromatic N) is 1. The molecule has 1 aliphatic rings. The molecular formula is C17H13NOS2. The van der Waals surface area contributed by atoms with Gasteiger partial charge < -0.3 is 0 Å². The van der Waals surface area contributed by atoms with Gasteiger partial charge in [-0.2, -0.15) is 0 Å². The summed E-state index contributed by atoms with van der Waals surface area (Å²) in [6.45, 7) is 2.04. The van der Waals surface area contributed by atoms with E-state index in [1.165, 1.54) is 17.3 Å². The lowest BCUT2D eigenvalue weighted by Gasteiger charge is -2.13. The van der Waals surface area contributed by atoms with Crippen LogP contribution in [0.1, 0.15) is 11.1 Å². The molecule has 0 aromatic heterocycles. The van der Waals surface area contributed by atoms with Gasteiger partial charge in [0.1, 0.15) is 0 Å². The maximum absolute atomic E-state index is 12.5. The first-order valence-electron chi connectivity index (χ1n) is 6.55. The van der Waals surface area contributed by atoms with Crippen molar-refractivity contribution in [2.45, 2.75) is 6.92 Å². The van der Waals surface area contributed by atoms with Gasteiger partial charge in [-0.15, -0.1) is 0 Å². The standard InChI is InChI=1S/C17H13NOS2/c1-12-7-9-13(10-8-12)11-15-16(19)18(17(20)21-15)14-5-3-2-4-6-14/h2-11H,1H3/b15-11-. The van der Waals surface area contributed by atoms with Crippen LogP contribution in [0.4, 0.5) is 5.69 Å². The van der Waals surface area contributed by atoms with E-state index in [1.54, 1.807) is 4.90 Å². The molecule has 0 spiro atoms. The molecule has 1 amide bonds. The first-order chi connectivity index (χ1) is 10.1. The Labute approximate surface area is 133 Å². The van der Waals surface area contributed by atoms with Gasteiger partial charge in [0, 0.05) is 0 Å². The van der Waals surface area contributed by atoms with Crippen LogP contribution in [0, 0.1) is 6.92 Å². The average Bonchev–Trinajstić information content (AvgIpc) is 2.77. The van der Waals surface area contributed by atoms with Crippen LogP contribution >= 0.6 is 24.0 Å². The van der Waals surface area contributed by atoms with Gasteiger partial charge in [0.05, 0.1) is 10.6 Å². The van der Waals surface area contributed by atoms with Crippen molar-refractivity contribution in [2.75, 3.05) is 4.90 Å². The van der Waals surface area contributed by atoms with Gasteiger partial charge in [-0.1, -0.05) is 72.0 Å². The number of carbonyl (C=O) groups is 1. The SMILES string of the molecule is Cc1ccc(/C=C2\SC(=S)N(c3ccccc3)C2=O)cc1. The summed E-state index contributed by atoms with van der Waals surface area (Å²) in [6.07, 6.45) is 1.89. The second-order valence-electron chi connectivity index (χ2n) is 4.76. The number of anilines is 1. The van der Waals surface area contributed by atoms with Crippen LogP contribution in [0.5, 0.6) is 0 Å². The summed E-state index contributed by atoms with van der Waals surface area (Å²) in [6, 6.07) is 17.6. The Hall–Kier alpha value is -1.91. The maximum atomic E-state index is 12.5. The molecule has 21 heavy (non-hydrogen) atoms. The maximum Gasteiger partial charge on any atom is 0.270 e. The number of thiocarbonyl (C=S) groups is 1. The molecular weight excluding hydrogens is 298 g/mol. The van der Waals surface area contributed by atoms with Gasteiger partial charge in [0.25, 0.3) is 5.91 Å². The Balaban J connectivity index is 1.92. The number of para-hydroxylation sites is 1. The first kappa shape index (κ1) is 14.0. The van der Waals surface area contributed by atoms with E-state index in [9.17, 15) is 4.79 Å². The van der Waals surface area contributed by atoms with Gasteiger partial charge in [-0.25, -0.2) is 0 Å². The summed E-state index contributed by atoms with van der Waals surface area (Å²) in [4.78, 5) is 14.8. The highest BCUT2D eigenvalue weighted by Gasteiger charge is 2.32. The molecule has 1 saturated heterocycles. The summed E-state index contributed by atoms with van der Waals surface area (Å²) in [5.41, 5.74) is 3.02. The minimum absolute atomic E-state index is 0.0585. The van der Waals surface area contributed by atoms with Crippen molar-refractivity contribution in [2.24, 2.45) is 0 Å². The van der Waals surface area contributed by atoms with E-state index in [2.05, 4.69) is 0 Å².